The average Bonchev–Trinajstić information content (AvgIpc) is 2.36. The van der Waals surface area contributed by atoms with E-state index >= 15 is 0 Å². The van der Waals surface area contributed by atoms with Gasteiger partial charge in [-0.05, 0) is 30.3 Å². The Kier molecular flexibility index (Phi) is 3.87. The van der Waals surface area contributed by atoms with Gasteiger partial charge in [0.15, 0.2) is 0 Å². The second-order valence-electron chi connectivity index (χ2n) is 3.79. The van der Waals surface area contributed by atoms with Gasteiger partial charge in [-0.15, -0.1) is 0 Å². The lowest BCUT2D eigenvalue weighted by molar-refractivity contribution is 0.262. The topological polar surface area (TPSA) is 67.1 Å². The number of hydrogen-bond acceptors (Lipinski definition) is 2. The van der Waals surface area contributed by atoms with Gasteiger partial charge < -0.3 is 16.4 Å². The van der Waals surface area contributed by atoms with E-state index in [1.807, 2.05) is 0 Å². The van der Waals surface area contributed by atoms with Gasteiger partial charge in [-0.3, -0.25) is 0 Å². The number of nitrogen functional groups attached to an aromatic ring is 1. The summed E-state index contributed by atoms with van der Waals surface area (Å²) in [5.41, 5.74) is 6.51. The molecule has 0 saturated heterocycles. The molecule has 0 heterocycles. The number of urea groups is 1. The fourth-order valence-corrected chi connectivity index (χ4v) is 1.67. The molecule has 2 aromatic carbocycles. The molecular weight excluding hydrogens is 269 g/mol. The summed E-state index contributed by atoms with van der Waals surface area (Å²) in [4.78, 5) is 11.7. The number of anilines is 3. The molecule has 4 nitrogen and oxygen atoms in total. The van der Waals surface area contributed by atoms with E-state index in [-0.39, 0.29) is 5.69 Å². The minimum Gasteiger partial charge on any atom is -0.397 e. The van der Waals surface area contributed by atoms with E-state index < -0.39 is 11.8 Å². The first-order valence-corrected chi connectivity index (χ1v) is 5.81. The predicted molar refractivity (Wildman–Crippen MR) is 74.9 cm³/mol. The number of rotatable bonds is 2. The Balaban J connectivity index is 2.08. The second-order valence-corrected chi connectivity index (χ2v) is 4.23. The highest BCUT2D eigenvalue weighted by Crippen LogP contribution is 2.23. The van der Waals surface area contributed by atoms with Gasteiger partial charge in [0.1, 0.15) is 5.82 Å². The maximum Gasteiger partial charge on any atom is 0.323 e. The molecule has 19 heavy (non-hydrogen) atoms. The molecule has 0 atom stereocenters. The van der Waals surface area contributed by atoms with Crippen molar-refractivity contribution in [1.82, 2.24) is 0 Å². The molecule has 0 fully saturated rings. The molecule has 0 saturated carbocycles. The summed E-state index contributed by atoms with van der Waals surface area (Å²) in [7, 11) is 0. The summed E-state index contributed by atoms with van der Waals surface area (Å²) < 4.78 is 13.3. The van der Waals surface area contributed by atoms with E-state index in [2.05, 4.69) is 10.6 Å². The van der Waals surface area contributed by atoms with Crippen LogP contribution in [0.1, 0.15) is 0 Å². The Morgan fingerprint density at radius 2 is 1.79 bits per heavy atom. The second kappa shape index (κ2) is 5.58. The minimum absolute atomic E-state index is 0.0903. The number of benzene rings is 2. The highest BCUT2D eigenvalue weighted by molar-refractivity contribution is 6.31. The van der Waals surface area contributed by atoms with Crippen molar-refractivity contribution in [1.29, 1.82) is 0 Å². The first kappa shape index (κ1) is 13.2. The van der Waals surface area contributed by atoms with Gasteiger partial charge in [-0.1, -0.05) is 23.7 Å². The van der Waals surface area contributed by atoms with Crippen molar-refractivity contribution in [3.05, 3.63) is 53.3 Å². The number of hydrogen-bond donors (Lipinski definition) is 3. The van der Waals surface area contributed by atoms with Gasteiger partial charge in [-0.25, -0.2) is 9.18 Å². The van der Waals surface area contributed by atoms with Crippen LogP contribution in [0.4, 0.5) is 26.2 Å². The third kappa shape index (κ3) is 3.35. The zero-order valence-corrected chi connectivity index (χ0v) is 10.5. The van der Waals surface area contributed by atoms with Crippen LogP contribution >= 0.6 is 11.6 Å². The number of carbonyl (C=O) groups is 1. The van der Waals surface area contributed by atoms with Crippen molar-refractivity contribution < 1.29 is 9.18 Å². The van der Waals surface area contributed by atoms with Gasteiger partial charge in [0.05, 0.1) is 17.1 Å². The zero-order valence-electron chi connectivity index (χ0n) is 9.78. The first-order chi connectivity index (χ1) is 9.06. The van der Waals surface area contributed by atoms with Crippen LogP contribution in [-0.2, 0) is 0 Å². The summed E-state index contributed by atoms with van der Waals surface area (Å²) in [5.74, 6) is -0.512. The molecule has 0 aliphatic carbocycles. The zero-order chi connectivity index (χ0) is 13.8. The van der Waals surface area contributed by atoms with Crippen molar-refractivity contribution >= 4 is 34.7 Å². The van der Waals surface area contributed by atoms with E-state index in [1.54, 1.807) is 18.2 Å². The van der Waals surface area contributed by atoms with Crippen LogP contribution in [0.3, 0.4) is 0 Å². The SMILES string of the molecule is Nc1cc(Cl)ccc1NC(=O)Nc1ccccc1F. The van der Waals surface area contributed by atoms with Crippen molar-refractivity contribution in [2.24, 2.45) is 0 Å². The highest BCUT2D eigenvalue weighted by atomic mass is 35.5. The van der Waals surface area contributed by atoms with Crippen molar-refractivity contribution in [2.75, 3.05) is 16.4 Å². The molecule has 4 N–H and O–H groups in total. The summed E-state index contributed by atoms with van der Waals surface area (Å²) in [6.45, 7) is 0. The summed E-state index contributed by atoms with van der Waals surface area (Å²) in [6.07, 6.45) is 0. The molecular formula is C13H11ClFN3O. The van der Waals surface area contributed by atoms with Crippen molar-refractivity contribution in [3.63, 3.8) is 0 Å². The smallest absolute Gasteiger partial charge is 0.323 e. The lowest BCUT2D eigenvalue weighted by atomic mass is 10.2. The van der Waals surface area contributed by atoms with Gasteiger partial charge in [0.2, 0.25) is 0 Å². The predicted octanol–water partition coefficient (Wildman–Crippen LogP) is 3.71. The molecule has 0 aliphatic heterocycles. The Bertz CT molecular complexity index is 619. The number of carbonyl (C=O) groups excluding carboxylic acids is 1. The standard InChI is InChI=1S/C13H11ClFN3O/c14-8-5-6-12(10(16)7-8)18-13(19)17-11-4-2-1-3-9(11)15/h1-7H,16H2,(H2,17,18,19). The first-order valence-electron chi connectivity index (χ1n) is 5.44. The van der Waals surface area contributed by atoms with E-state index in [4.69, 9.17) is 17.3 Å². The van der Waals surface area contributed by atoms with Crippen LogP contribution < -0.4 is 16.4 Å². The highest BCUT2D eigenvalue weighted by Gasteiger charge is 2.08. The molecule has 0 aliphatic rings. The van der Waals surface area contributed by atoms with Crippen LogP contribution in [0.15, 0.2) is 42.5 Å². The molecule has 2 rings (SSSR count). The molecule has 0 unspecified atom stereocenters. The Morgan fingerprint density at radius 3 is 2.47 bits per heavy atom. The summed E-state index contributed by atoms with van der Waals surface area (Å²) >= 11 is 5.75. The number of para-hydroxylation sites is 1. The molecule has 2 amide bonds. The van der Waals surface area contributed by atoms with E-state index in [0.717, 1.165) is 0 Å². The third-order valence-corrected chi connectivity index (χ3v) is 2.62. The number of nitrogens with two attached hydrogens (primary N) is 1. The molecule has 0 bridgehead atoms. The van der Waals surface area contributed by atoms with E-state index in [1.165, 1.54) is 24.3 Å². The Morgan fingerprint density at radius 1 is 1.11 bits per heavy atom. The van der Waals surface area contributed by atoms with Crippen LogP contribution in [0.2, 0.25) is 5.02 Å². The van der Waals surface area contributed by atoms with Crippen molar-refractivity contribution in [3.8, 4) is 0 Å². The lowest BCUT2D eigenvalue weighted by Crippen LogP contribution is -2.20. The molecule has 0 radical (unpaired) electrons. The van der Waals surface area contributed by atoms with Crippen LogP contribution in [0.25, 0.3) is 0 Å². The fourth-order valence-electron chi connectivity index (χ4n) is 1.49. The van der Waals surface area contributed by atoms with Gasteiger partial charge in [-0.2, -0.15) is 0 Å². The van der Waals surface area contributed by atoms with Gasteiger partial charge >= 0.3 is 6.03 Å². The molecule has 0 spiro atoms. The molecule has 0 aromatic heterocycles. The van der Waals surface area contributed by atoms with E-state index in [9.17, 15) is 9.18 Å². The monoisotopic (exact) mass is 279 g/mol. The normalized spacial score (nSPS) is 10.0. The average molecular weight is 280 g/mol. The Hall–Kier alpha value is -2.27. The number of halogens is 2. The maximum absolute atomic E-state index is 13.3. The summed E-state index contributed by atoms with van der Waals surface area (Å²) in [5, 5.41) is 5.37. The van der Waals surface area contributed by atoms with Crippen LogP contribution in [-0.4, -0.2) is 6.03 Å². The molecule has 98 valence electrons. The maximum atomic E-state index is 13.3. The lowest BCUT2D eigenvalue weighted by Gasteiger charge is -2.10. The Labute approximate surface area is 114 Å². The van der Waals surface area contributed by atoms with Crippen LogP contribution in [0.5, 0.6) is 0 Å². The molecule has 6 heteroatoms. The largest absolute Gasteiger partial charge is 0.397 e. The van der Waals surface area contributed by atoms with Crippen LogP contribution in [0, 0.1) is 5.82 Å². The quantitative estimate of drug-likeness (QED) is 0.734. The van der Waals surface area contributed by atoms with Gasteiger partial charge in [0, 0.05) is 5.02 Å². The molecule has 2 aromatic rings. The fraction of sp³-hybridized carbons (Fsp3) is 0. The summed E-state index contributed by atoms with van der Waals surface area (Å²) in [6, 6.07) is 9.96. The van der Waals surface area contributed by atoms with Gasteiger partial charge in [0.25, 0.3) is 0 Å². The van der Waals surface area contributed by atoms with Crippen molar-refractivity contribution in [2.45, 2.75) is 0 Å². The number of nitrogens with one attached hydrogen (secondary N) is 2. The third-order valence-electron chi connectivity index (χ3n) is 2.38. The minimum atomic E-state index is -0.584. The van der Waals surface area contributed by atoms with E-state index in [0.29, 0.717) is 16.4 Å². The number of amides is 2.